The van der Waals surface area contributed by atoms with Crippen LogP contribution >= 0.6 is 0 Å². The number of nitrogens with one attached hydrogen (secondary N) is 1. The summed E-state index contributed by atoms with van der Waals surface area (Å²) < 4.78 is 26.0. The predicted molar refractivity (Wildman–Crippen MR) is 71.9 cm³/mol. The van der Waals surface area contributed by atoms with Gasteiger partial charge < -0.3 is 10.2 Å². The molecule has 0 bridgehead atoms. The molecule has 0 atom stereocenters. The minimum absolute atomic E-state index is 0.135. The number of aromatic hydroxyl groups is 1. The first-order valence-electron chi connectivity index (χ1n) is 5.58. The van der Waals surface area contributed by atoms with E-state index in [0.29, 0.717) is 0 Å². The molecule has 0 fully saturated rings. The van der Waals surface area contributed by atoms with E-state index < -0.39 is 27.2 Å². The summed E-state index contributed by atoms with van der Waals surface area (Å²) in [5, 5.41) is 18.6. The summed E-state index contributed by atoms with van der Waals surface area (Å²) in [5.41, 5.74) is -0.939. The second kappa shape index (κ2) is 5.08. The monoisotopic (exact) mass is 287 g/mol. The van der Waals surface area contributed by atoms with Crippen molar-refractivity contribution in [2.24, 2.45) is 5.41 Å². The van der Waals surface area contributed by atoms with Gasteiger partial charge in [-0.1, -0.05) is 26.8 Å². The molecular formula is C12H17NO5S. The molecule has 6 nitrogen and oxygen atoms in total. The number of phenols is 1. The summed E-state index contributed by atoms with van der Waals surface area (Å²) in [6.45, 7) is 5.29. The van der Waals surface area contributed by atoms with Crippen molar-refractivity contribution in [2.75, 3.05) is 10.5 Å². The molecule has 0 aliphatic rings. The van der Waals surface area contributed by atoms with Crippen LogP contribution < -0.4 is 4.72 Å². The third-order valence-electron chi connectivity index (χ3n) is 2.15. The lowest BCUT2D eigenvalue weighted by atomic mass is 10.0. The van der Waals surface area contributed by atoms with Crippen LogP contribution in [0.3, 0.4) is 0 Å². The zero-order chi connectivity index (χ0) is 14.8. The van der Waals surface area contributed by atoms with Gasteiger partial charge in [0, 0.05) is 0 Å². The van der Waals surface area contributed by atoms with Crippen LogP contribution in [0.25, 0.3) is 0 Å². The summed E-state index contributed by atoms with van der Waals surface area (Å²) in [5.74, 6) is -2.06. The standard InChI is InChI=1S/C12H17NO5S/c1-12(2,3)7-19(17,18)13-9-6-4-5-8(10(9)14)11(15)16/h4-6,13-14H,7H2,1-3H3,(H,15,16). The SMILES string of the molecule is CC(C)(C)CS(=O)(=O)Nc1cccc(C(=O)O)c1O. The number of hydrogen-bond donors (Lipinski definition) is 3. The van der Waals surface area contributed by atoms with E-state index in [-0.39, 0.29) is 17.0 Å². The van der Waals surface area contributed by atoms with E-state index >= 15 is 0 Å². The third kappa shape index (κ3) is 4.44. The molecule has 3 N–H and O–H groups in total. The Labute approximate surface area is 112 Å². The fourth-order valence-corrected chi connectivity index (χ4v) is 3.28. The quantitative estimate of drug-likeness (QED) is 0.733. The van der Waals surface area contributed by atoms with Gasteiger partial charge in [0.25, 0.3) is 0 Å². The van der Waals surface area contributed by atoms with Crippen LogP contribution in [-0.2, 0) is 10.0 Å². The molecule has 1 aromatic rings. The van der Waals surface area contributed by atoms with Gasteiger partial charge in [0.15, 0.2) is 5.75 Å². The third-order valence-corrected chi connectivity index (χ3v) is 3.93. The molecule has 0 radical (unpaired) electrons. The topological polar surface area (TPSA) is 104 Å². The van der Waals surface area contributed by atoms with Gasteiger partial charge in [0.1, 0.15) is 5.56 Å². The lowest BCUT2D eigenvalue weighted by molar-refractivity contribution is 0.0694. The van der Waals surface area contributed by atoms with Crippen molar-refractivity contribution in [1.29, 1.82) is 0 Å². The molecule has 1 aromatic carbocycles. The molecule has 7 heteroatoms. The van der Waals surface area contributed by atoms with Gasteiger partial charge >= 0.3 is 5.97 Å². The minimum atomic E-state index is -3.66. The first-order valence-corrected chi connectivity index (χ1v) is 7.23. The summed E-state index contributed by atoms with van der Waals surface area (Å²) in [6, 6.07) is 3.86. The van der Waals surface area contributed by atoms with Gasteiger partial charge in [0.05, 0.1) is 11.4 Å². The number of aromatic carboxylic acids is 1. The molecule has 0 amide bonds. The molecule has 0 unspecified atom stereocenters. The summed E-state index contributed by atoms with van der Waals surface area (Å²) in [7, 11) is -3.66. The van der Waals surface area contributed by atoms with Crippen molar-refractivity contribution in [1.82, 2.24) is 0 Å². The summed E-state index contributed by atoms with van der Waals surface area (Å²) in [6.07, 6.45) is 0. The van der Waals surface area contributed by atoms with Gasteiger partial charge in [-0.3, -0.25) is 4.72 Å². The lowest BCUT2D eigenvalue weighted by Gasteiger charge is -2.19. The maximum absolute atomic E-state index is 11.9. The number of carboxylic acid groups (broad SMARTS) is 1. The van der Waals surface area contributed by atoms with E-state index in [1.54, 1.807) is 20.8 Å². The highest BCUT2D eigenvalue weighted by molar-refractivity contribution is 7.92. The second-order valence-electron chi connectivity index (χ2n) is 5.43. The predicted octanol–water partition coefficient (Wildman–Crippen LogP) is 1.88. The molecule has 0 aromatic heterocycles. The van der Waals surface area contributed by atoms with Crippen molar-refractivity contribution < 1.29 is 23.4 Å². The lowest BCUT2D eigenvalue weighted by Crippen LogP contribution is -2.26. The highest BCUT2D eigenvalue weighted by Crippen LogP contribution is 2.29. The Kier molecular flexibility index (Phi) is 4.09. The van der Waals surface area contributed by atoms with Crippen molar-refractivity contribution in [3.05, 3.63) is 23.8 Å². The maximum atomic E-state index is 11.9. The largest absolute Gasteiger partial charge is 0.505 e. The van der Waals surface area contributed by atoms with Crippen LogP contribution in [0.5, 0.6) is 5.75 Å². The van der Waals surface area contributed by atoms with Crippen LogP contribution in [0, 0.1) is 5.41 Å². The van der Waals surface area contributed by atoms with Gasteiger partial charge in [-0.15, -0.1) is 0 Å². The van der Waals surface area contributed by atoms with Gasteiger partial charge in [0.2, 0.25) is 10.0 Å². The van der Waals surface area contributed by atoms with Crippen LogP contribution in [0.1, 0.15) is 31.1 Å². The van der Waals surface area contributed by atoms with E-state index in [0.717, 1.165) is 0 Å². The molecular weight excluding hydrogens is 270 g/mol. The molecule has 0 spiro atoms. The number of rotatable bonds is 4. The van der Waals surface area contributed by atoms with Crippen LogP contribution in [0.4, 0.5) is 5.69 Å². The molecule has 0 heterocycles. The van der Waals surface area contributed by atoms with Crippen LogP contribution in [0.2, 0.25) is 0 Å². The van der Waals surface area contributed by atoms with Crippen molar-refractivity contribution in [3.63, 3.8) is 0 Å². The fourth-order valence-electron chi connectivity index (χ4n) is 1.57. The zero-order valence-electron chi connectivity index (χ0n) is 11.0. The van der Waals surface area contributed by atoms with E-state index in [9.17, 15) is 18.3 Å². The smallest absolute Gasteiger partial charge is 0.339 e. The van der Waals surface area contributed by atoms with Crippen LogP contribution in [-0.4, -0.2) is 30.4 Å². The van der Waals surface area contributed by atoms with Crippen molar-refractivity contribution in [2.45, 2.75) is 20.8 Å². The average molecular weight is 287 g/mol. The first-order chi connectivity index (χ1) is 8.52. The maximum Gasteiger partial charge on any atom is 0.339 e. The Hall–Kier alpha value is -1.76. The number of benzene rings is 1. The molecule has 0 saturated heterocycles. The van der Waals surface area contributed by atoms with E-state index in [1.165, 1.54) is 18.2 Å². The van der Waals surface area contributed by atoms with Gasteiger partial charge in [-0.25, -0.2) is 13.2 Å². The Balaban J connectivity index is 3.07. The van der Waals surface area contributed by atoms with Crippen molar-refractivity contribution >= 4 is 21.7 Å². The molecule has 0 aliphatic heterocycles. The molecule has 1 rings (SSSR count). The normalized spacial score (nSPS) is 12.2. The number of carbonyl (C=O) groups is 1. The Bertz CT molecular complexity index is 587. The molecule has 0 saturated carbocycles. The first kappa shape index (κ1) is 15.3. The number of carboxylic acids is 1. The summed E-state index contributed by atoms with van der Waals surface area (Å²) in [4.78, 5) is 10.8. The Morgan fingerprint density at radius 1 is 1.32 bits per heavy atom. The highest BCUT2D eigenvalue weighted by Gasteiger charge is 2.23. The van der Waals surface area contributed by atoms with E-state index in [2.05, 4.69) is 4.72 Å². The minimum Gasteiger partial charge on any atom is -0.505 e. The summed E-state index contributed by atoms with van der Waals surface area (Å²) >= 11 is 0. The molecule has 106 valence electrons. The zero-order valence-corrected chi connectivity index (χ0v) is 11.8. The molecule has 0 aliphatic carbocycles. The van der Waals surface area contributed by atoms with Gasteiger partial charge in [-0.2, -0.15) is 0 Å². The van der Waals surface area contributed by atoms with E-state index in [1.807, 2.05) is 0 Å². The molecule has 19 heavy (non-hydrogen) atoms. The fraction of sp³-hybridized carbons (Fsp3) is 0.417. The Morgan fingerprint density at radius 2 is 1.89 bits per heavy atom. The second-order valence-corrected chi connectivity index (χ2v) is 7.15. The van der Waals surface area contributed by atoms with Crippen molar-refractivity contribution in [3.8, 4) is 5.75 Å². The Morgan fingerprint density at radius 3 is 2.37 bits per heavy atom. The van der Waals surface area contributed by atoms with Gasteiger partial charge in [-0.05, 0) is 17.5 Å². The number of hydrogen-bond acceptors (Lipinski definition) is 4. The van der Waals surface area contributed by atoms with E-state index in [4.69, 9.17) is 5.11 Å². The average Bonchev–Trinajstić information content (AvgIpc) is 2.16. The van der Waals surface area contributed by atoms with Crippen LogP contribution in [0.15, 0.2) is 18.2 Å². The number of para-hydroxylation sites is 1. The highest BCUT2D eigenvalue weighted by atomic mass is 32.2. The number of anilines is 1. The number of sulfonamides is 1.